The van der Waals surface area contributed by atoms with Crippen molar-refractivity contribution >= 4 is 5.78 Å². The third-order valence-corrected chi connectivity index (χ3v) is 0.595. The van der Waals surface area contributed by atoms with Crippen LogP contribution in [0.15, 0.2) is 51.0 Å². The molecule has 0 aromatic heterocycles. The minimum Gasteiger partial charge on any atom is -0.474 e. The average Bonchev–Trinajstić information content (AvgIpc) is 2.06. The van der Waals surface area contributed by atoms with Gasteiger partial charge in [-0.05, 0) is 12.2 Å². The Hall–Kier alpha value is -1.57. The van der Waals surface area contributed by atoms with Crippen molar-refractivity contribution < 1.29 is 9.53 Å². The van der Waals surface area contributed by atoms with E-state index in [9.17, 15) is 4.79 Å². The van der Waals surface area contributed by atoms with Gasteiger partial charge in [-0.3, -0.25) is 4.79 Å². The van der Waals surface area contributed by atoms with E-state index in [4.69, 9.17) is 0 Å². The van der Waals surface area contributed by atoms with Crippen LogP contribution in [0.3, 0.4) is 0 Å². The molecule has 0 aromatic carbocycles. The van der Waals surface area contributed by atoms with E-state index in [0.29, 0.717) is 0 Å². The highest BCUT2D eigenvalue weighted by atomic mass is 16.5. The van der Waals surface area contributed by atoms with E-state index in [0.717, 1.165) is 0 Å². The van der Waals surface area contributed by atoms with Gasteiger partial charge in [-0.15, -0.1) is 0 Å². The van der Waals surface area contributed by atoms with Crippen molar-refractivity contribution in [1.82, 2.24) is 0 Å². The lowest BCUT2D eigenvalue weighted by atomic mass is 10.4. The fourth-order valence-corrected chi connectivity index (χ4v) is 0.151. The second-order valence-electron chi connectivity index (χ2n) is 1.28. The van der Waals surface area contributed by atoms with Crippen molar-refractivity contribution in [3.8, 4) is 0 Å². The van der Waals surface area contributed by atoms with Gasteiger partial charge in [0, 0.05) is 0 Å². The van der Waals surface area contributed by atoms with E-state index in [-0.39, 0.29) is 5.78 Å². The van der Waals surface area contributed by atoms with E-state index in [1.165, 1.54) is 24.7 Å². The maximum Gasteiger partial charge on any atom is 0.177 e. The molecule has 0 unspecified atom stereocenters. The molecule has 0 aliphatic heterocycles. The summed E-state index contributed by atoms with van der Waals surface area (Å²) in [6.45, 7) is 12.9. The van der Waals surface area contributed by atoms with Crippen LogP contribution >= 0.6 is 0 Å². The third kappa shape index (κ3) is 17.8. The molecule has 0 saturated carbocycles. The van der Waals surface area contributed by atoms with Crippen LogP contribution in [0.4, 0.5) is 0 Å². The van der Waals surface area contributed by atoms with Crippen LogP contribution in [-0.4, -0.2) is 5.78 Å². The summed E-state index contributed by atoms with van der Waals surface area (Å²) in [7, 11) is 0. The molecule has 0 aliphatic carbocycles. The Morgan fingerprint density at radius 1 is 1.00 bits per heavy atom. The lowest BCUT2D eigenvalue weighted by Gasteiger charge is -1.76. The molecule has 0 aromatic rings. The monoisotopic (exact) mass is 152 g/mol. The van der Waals surface area contributed by atoms with E-state index in [1.54, 1.807) is 0 Å². The summed E-state index contributed by atoms with van der Waals surface area (Å²) in [6.07, 6.45) is 5.06. The van der Waals surface area contributed by atoms with Crippen molar-refractivity contribution in [2.45, 2.75) is 0 Å². The Balaban J connectivity index is 0. The van der Waals surface area contributed by atoms with E-state index in [2.05, 4.69) is 31.1 Å². The first-order valence-electron chi connectivity index (χ1n) is 2.89. The highest BCUT2D eigenvalue weighted by Gasteiger charge is 1.75. The van der Waals surface area contributed by atoms with Crippen LogP contribution in [0.2, 0.25) is 0 Å². The van der Waals surface area contributed by atoms with Gasteiger partial charge in [0.25, 0.3) is 0 Å². The van der Waals surface area contributed by atoms with E-state index in [1.807, 2.05) is 0 Å². The predicted molar refractivity (Wildman–Crippen MR) is 46.9 cm³/mol. The Kier molecular flexibility index (Phi) is 12.4. The highest BCUT2D eigenvalue weighted by molar-refractivity contribution is 5.98. The second-order valence-corrected chi connectivity index (χ2v) is 1.28. The average molecular weight is 152 g/mol. The second kappa shape index (κ2) is 11.3. The normalized spacial score (nSPS) is 6.18. The molecule has 0 bridgehead atoms. The standard InChI is InChI=1S/C5H6O.C4H6O/c1-3-5(6)4-2;1-3-5-4-2/h3-4H,1-2H2;3-4H,1-2H2. The summed E-state index contributed by atoms with van der Waals surface area (Å²) < 4.78 is 4.36. The van der Waals surface area contributed by atoms with Crippen LogP contribution < -0.4 is 0 Å². The molecule has 11 heavy (non-hydrogen) atoms. The first-order chi connectivity index (χ1) is 5.22. The van der Waals surface area contributed by atoms with Crippen molar-refractivity contribution in [3.05, 3.63) is 51.0 Å². The van der Waals surface area contributed by atoms with Gasteiger partial charge >= 0.3 is 0 Å². The molecular weight excluding hydrogens is 140 g/mol. The molecule has 2 heteroatoms. The minimum atomic E-state index is -0.130. The van der Waals surface area contributed by atoms with Crippen LogP contribution in [0, 0.1) is 0 Å². The first kappa shape index (κ1) is 12.1. The molecule has 0 N–H and O–H groups in total. The number of ether oxygens (including phenoxy) is 1. The van der Waals surface area contributed by atoms with E-state index < -0.39 is 0 Å². The van der Waals surface area contributed by atoms with Crippen LogP contribution in [0.25, 0.3) is 0 Å². The first-order valence-corrected chi connectivity index (χ1v) is 2.89. The number of ketones is 1. The SMILES string of the molecule is C=CC(=O)C=C.C=COC=C. The predicted octanol–water partition coefficient (Wildman–Crippen LogP) is 2.22. The molecular formula is C9H12O2. The molecule has 0 aliphatic rings. The molecule has 0 atom stereocenters. The molecule has 60 valence electrons. The summed E-state index contributed by atoms with van der Waals surface area (Å²) in [4.78, 5) is 9.94. The van der Waals surface area contributed by atoms with Crippen LogP contribution in [0.5, 0.6) is 0 Å². The minimum absolute atomic E-state index is 0.130. The highest BCUT2D eigenvalue weighted by Crippen LogP contribution is 1.68. The number of hydrogen-bond acceptors (Lipinski definition) is 2. The number of allylic oxidation sites excluding steroid dienone is 2. The quantitative estimate of drug-likeness (QED) is 0.456. The van der Waals surface area contributed by atoms with Gasteiger partial charge in [-0.1, -0.05) is 26.3 Å². The Morgan fingerprint density at radius 3 is 1.36 bits per heavy atom. The largest absolute Gasteiger partial charge is 0.474 e. The fraction of sp³-hybridized carbons (Fsp3) is 0. The maximum atomic E-state index is 9.94. The van der Waals surface area contributed by atoms with Crippen LogP contribution in [-0.2, 0) is 9.53 Å². The third-order valence-electron chi connectivity index (χ3n) is 0.595. The molecule has 0 rings (SSSR count). The van der Waals surface area contributed by atoms with Gasteiger partial charge in [-0.25, -0.2) is 0 Å². The maximum absolute atomic E-state index is 9.94. The summed E-state index contributed by atoms with van der Waals surface area (Å²) in [5.41, 5.74) is 0. The topological polar surface area (TPSA) is 26.3 Å². The molecule has 0 fully saturated rings. The van der Waals surface area contributed by atoms with Crippen LogP contribution in [0.1, 0.15) is 0 Å². The molecule has 0 radical (unpaired) electrons. The number of carbonyl (C=O) groups is 1. The zero-order chi connectivity index (χ0) is 9.11. The molecule has 2 nitrogen and oxygen atoms in total. The van der Waals surface area contributed by atoms with Crippen molar-refractivity contribution in [1.29, 1.82) is 0 Å². The lowest BCUT2D eigenvalue weighted by molar-refractivity contribution is -0.110. The smallest absolute Gasteiger partial charge is 0.177 e. The lowest BCUT2D eigenvalue weighted by Crippen LogP contribution is -1.78. The molecule has 0 spiro atoms. The zero-order valence-corrected chi connectivity index (χ0v) is 6.45. The molecule has 0 heterocycles. The molecule has 0 saturated heterocycles. The van der Waals surface area contributed by atoms with Crippen molar-refractivity contribution in [2.75, 3.05) is 0 Å². The van der Waals surface area contributed by atoms with Gasteiger partial charge in [-0.2, -0.15) is 0 Å². The number of carbonyl (C=O) groups excluding carboxylic acids is 1. The summed E-state index contributed by atoms with van der Waals surface area (Å²) in [6, 6.07) is 0. The van der Waals surface area contributed by atoms with E-state index >= 15 is 0 Å². The Morgan fingerprint density at radius 2 is 1.36 bits per heavy atom. The number of hydrogen-bond donors (Lipinski definition) is 0. The van der Waals surface area contributed by atoms with Gasteiger partial charge in [0.15, 0.2) is 5.78 Å². The van der Waals surface area contributed by atoms with Gasteiger partial charge in [0.2, 0.25) is 0 Å². The van der Waals surface area contributed by atoms with Crippen molar-refractivity contribution in [2.24, 2.45) is 0 Å². The molecule has 0 amide bonds. The Bertz CT molecular complexity index is 141. The number of rotatable bonds is 4. The van der Waals surface area contributed by atoms with Gasteiger partial charge in [0.05, 0.1) is 12.5 Å². The van der Waals surface area contributed by atoms with Gasteiger partial charge < -0.3 is 4.74 Å². The fourth-order valence-electron chi connectivity index (χ4n) is 0.151. The summed E-state index contributed by atoms with van der Waals surface area (Å²) in [5.74, 6) is -0.130. The van der Waals surface area contributed by atoms with Crippen molar-refractivity contribution in [3.63, 3.8) is 0 Å². The Labute approximate surface area is 67.2 Å². The van der Waals surface area contributed by atoms with Gasteiger partial charge in [0.1, 0.15) is 0 Å². The summed E-state index contributed by atoms with van der Waals surface area (Å²) >= 11 is 0. The summed E-state index contributed by atoms with van der Waals surface area (Å²) in [5, 5.41) is 0. The zero-order valence-electron chi connectivity index (χ0n) is 6.45.